The molecule has 0 amide bonds. The van der Waals surface area contributed by atoms with Gasteiger partial charge in [0.05, 0.1) is 6.10 Å². The lowest BCUT2D eigenvalue weighted by atomic mass is 9.48. The quantitative estimate of drug-likeness (QED) is 0.498. The van der Waals surface area contributed by atoms with E-state index in [0.29, 0.717) is 19.3 Å². The average Bonchev–Trinajstić information content (AvgIpc) is 2.86. The molecule has 5 heteroatoms. The highest BCUT2D eigenvalue weighted by Crippen LogP contribution is 2.64. The Balaban J connectivity index is 1.67. The van der Waals surface area contributed by atoms with Crippen LogP contribution in [-0.4, -0.2) is 44.7 Å². The zero-order valence-corrected chi connectivity index (χ0v) is 15.2. The van der Waals surface area contributed by atoms with Gasteiger partial charge in [-0.05, 0) is 68.8 Å². The number of aliphatic hydroxyl groups is 3. The molecule has 0 aromatic rings. The van der Waals surface area contributed by atoms with Gasteiger partial charge in [-0.3, -0.25) is 4.79 Å². The maximum Gasteiger partial charge on any atom is 0.302 e. The Labute approximate surface area is 149 Å². The van der Waals surface area contributed by atoms with Crippen molar-refractivity contribution in [2.24, 2.45) is 17.3 Å². The molecule has 0 heterocycles. The van der Waals surface area contributed by atoms with Gasteiger partial charge in [0.2, 0.25) is 0 Å². The van der Waals surface area contributed by atoms with Gasteiger partial charge in [-0.25, -0.2) is 0 Å². The van der Waals surface area contributed by atoms with Crippen molar-refractivity contribution in [2.45, 2.75) is 88.6 Å². The third kappa shape index (κ3) is 2.28. The smallest absolute Gasteiger partial charge is 0.302 e. The van der Waals surface area contributed by atoms with Crippen LogP contribution in [0.3, 0.4) is 0 Å². The molecule has 5 nitrogen and oxygen atoms in total. The van der Waals surface area contributed by atoms with Crippen molar-refractivity contribution in [3.63, 3.8) is 0 Å². The van der Waals surface area contributed by atoms with Gasteiger partial charge in [-0.15, -0.1) is 0 Å². The summed E-state index contributed by atoms with van der Waals surface area (Å²) in [6.07, 6.45) is 6.68. The molecule has 25 heavy (non-hydrogen) atoms. The Morgan fingerprint density at radius 2 is 1.88 bits per heavy atom. The molecule has 0 spiro atoms. The zero-order valence-electron chi connectivity index (χ0n) is 15.2. The molecule has 2 unspecified atom stereocenters. The fraction of sp³-hybridized carbons (Fsp3) is 0.850. The molecule has 3 fully saturated rings. The van der Waals surface area contributed by atoms with E-state index >= 15 is 0 Å². The number of carbonyl (C=O) groups excluding carboxylic acids is 1. The van der Waals surface area contributed by atoms with Crippen LogP contribution < -0.4 is 0 Å². The molecule has 4 aliphatic rings. The normalized spacial score (nSPS) is 51.8. The number of aliphatic hydroxyl groups excluding tert-OH is 1. The number of esters is 1. The van der Waals surface area contributed by atoms with Gasteiger partial charge in [0.25, 0.3) is 0 Å². The summed E-state index contributed by atoms with van der Waals surface area (Å²) in [5, 5.41) is 33.1. The first-order valence-corrected chi connectivity index (χ1v) is 9.72. The highest BCUT2D eigenvalue weighted by molar-refractivity contribution is 5.66. The first-order valence-electron chi connectivity index (χ1n) is 9.72. The first-order chi connectivity index (χ1) is 11.7. The second-order valence-electron chi connectivity index (χ2n) is 9.02. The van der Waals surface area contributed by atoms with Crippen molar-refractivity contribution < 1.29 is 24.9 Å². The number of ether oxygens (including phenoxy) is 1. The second kappa shape index (κ2) is 5.54. The molecule has 4 aliphatic carbocycles. The van der Waals surface area contributed by atoms with Crippen molar-refractivity contribution in [2.75, 3.05) is 0 Å². The Bertz CT molecular complexity index is 615. The Morgan fingerprint density at radius 1 is 1.12 bits per heavy atom. The monoisotopic (exact) mass is 350 g/mol. The summed E-state index contributed by atoms with van der Waals surface area (Å²) in [5.74, 6) is 0.0405. The lowest BCUT2D eigenvalue weighted by Gasteiger charge is -2.61. The van der Waals surface area contributed by atoms with Gasteiger partial charge in [0.1, 0.15) is 17.3 Å². The Kier molecular flexibility index (Phi) is 3.88. The number of fused-ring (bicyclic) bond motifs is 5. The molecule has 3 N–H and O–H groups in total. The Morgan fingerprint density at radius 3 is 2.60 bits per heavy atom. The van der Waals surface area contributed by atoms with Gasteiger partial charge < -0.3 is 20.1 Å². The van der Waals surface area contributed by atoms with Crippen molar-refractivity contribution >= 4 is 5.97 Å². The highest BCUT2D eigenvalue weighted by atomic mass is 16.5. The molecule has 0 aliphatic heterocycles. The van der Waals surface area contributed by atoms with E-state index in [0.717, 1.165) is 37.7 Å². The van der Waals surface area contributed by atoms with Gasteiger partial charge in [0, 0.05) is 12.3 Å². The second-order valence-corrected chi connectivity index (χ2v) is 9.02. The highest BCUT2D eigenvalue weighted by Gasteiger charge is 2.67. The van der Waals surface area contributed by atoms with E-state index in [9.17, 15) is 20.1 Å². The van der Waals surface area contributed by atoms with Crippen LogP contribution in [0.4, 0.5) is 0 Å². The summed E-state index contributed by atoms with van der Waals surface area (Å²) in [7, 11) is 0. The third-order valence-corrected chi connectivity index (χ3v) is 7.94. The zero-order chi connectivity index (χ0) is 18.0. The van der Waals surface area contributed by atoms with Crippen molar-refractivity contribution in [1.82, 2.24) is 0 Å². The molecule has 0 radical (unpaired) electrons. The van der Waals surface area contributed by atoms with Gasteiger partial charge in [0.15, 0.2) is 0 Å². The fourth-order valence-corrected chi connectivity index (χ4v) is 6.63. The molecule has 3 saturated carbocycles. The van der Waals surface area contributed by atoms with E-state index in [1.165, 1.54) is 6.92 Å². The van der Waals surface area contributed by atoms with Crippen LogP contribution in [0, 0.1) is 17.3 Å². The maximum absolute atomic E-state index is 11.7. The largest absolute Gasteiger partial charge is 0.462 e. The lowest BCUT2D eigenvalue weighted by Crippen LogP contribution is -2.68. The van der Waals surface area contributed by atoms with Crippen LogP contribution in [0.15, 0.2) is 11.6 Å². The molecule has 0 saturated heterocycles. The minimum atomic E-state index is -1.21. The van der Waals surface area contributed by atoms with Crippen molar-refractivity contribution in [3.05, 3.63) is 11.6 Å². The summed E-state index contributed by atoms with van der Waals surface area (Å²) >= 11 is 0. The molecular weight excluding hydrogens is 320 g/mol. The molecule has 7 atom stereocenters. The maximum atomic E-state index is 11.7. The van der Waals surface area contributed by atoms with Crippen LogP contribution in [-0.2, 0) is 9.53 Å². The van der Waals surface area contributed by atoms with E-state index < -0.39 is 17.3 Å². The summed E-state index contributed by atoms with van der Waals surface area (Å²) in [6.45, 7) is 3.65. The predicted octanol–water partition coefficient (Wildman–Crippen LogP) is 2.08. The minimum absolute atomic E-state index is 0.0178. The van der Waals surface area contributed by atoms with Crippen LogP contribution in [0.2, 0.25) is 0 Å². The first kappa shape index (κ1) is 17.5. The average molecular weight is 350 g/mol. The van der Waals surface area contributed by atoms with Crippen molar-refractivity contribution in [1.29, 1.82) is 0 Å². The predicted molar refractivity (Wildman–Crippen MR) is 91.6 cm³/mol. The number of rotatable bonds is 1. The van der Waals surface area contributed by atoms with Crippen LogP contribution in [0.25, 0.3) is 0 Å². The Hall–Kier alpha value is -0.910. The molecule has 0 aromatic heterocycles. The van der Waals surface area contributed by atoms with Crippen LogP contribution >= 0.6 is 0 Å². The van der Waals surface area contributed by atoms with E-state index in [1.807, 2.05) is 0 Å². The van der Waals surface area contributed by atoms with E-state index in [-0.39, 0.29) is 29.3 Å². The molecular formula is C20H30O5. The number of hydrogen-bond acceptors (Lipinski definition) is 5. The van der Waals surface area contributed by atoms with E-state index in [4.69, 9.17) is 4.74 Å². The van der Waals surface area contributed by atoms with Gasteiger partial charge in [-0.1, -0.05) is 13.0 Å². The van der Waals surface area contributed by atoms with Crippen LogP contribution in [0.5, 0.6) is 0 Å². The molecule has 140 valence electrons. The fourth-order valence-electron chi connectivity index (χ4n) is 6.63. The molecule has 4 rings (SSSR count). The van der Waals surface area contributed by atoms with Crippen molar-refractivity contribution in [3.8, 4) is 0 Å². The molecule has 0 bridgehead atoms. The topological polar surface area (TPSA) is 87.0 Å². The van der Waals surface area contributed by atoms with Gasteiger partial charge in [-0.2, -0.15) is 0 Å². The summed E-state index contributed by atoms with van der Waals surface area (Å²) in [5.41, 5.74) is -1.64. The van der Waals surface area contributed by atoms with E-state index in [1.54, 1.807) is 6.08 Å². The summed E-state index contributed by atoms with van der Waals surface area (Å²) < 4.78 is 5.61. The SMILES string of the molecule is CC(=O)OC1CC[C@H]2[C@@H]3CCC4=CC(O)CC[C@]4(O)[C@@]3(O)CC[C@]12C. The van der Waals surface area contributed by atoms with Crippen LogP contribution in [0.1, 0.15) is 65.2 Å². The van der Waals surface area contributed by atoms with E-state index in [2.05, 4.69) is 6.92 Å². The molecule has 0 aromatic carbocycles. The standard InChI is InChI=1S/C20H30O5/c1-12(21)25-17-6-5-15-16-4-3-13-11-14(22)7-8-19(13,23)20(16,24)10-9-18(15,17)2/h11,14-17,22-24H,3-10H2,1-2H3/t14?,15-,16-,17?,18-,19+,20+/m0/s1. The number of carbonyl (C=O) groups is 1. The third-order valence-electron chi connectivity index (χ3n) is 7.94. The number of hydrogen-bond donors (Lipinski definition) is 3. The summed E-state index contributed by atoms with van der Waals surface area (Å²) in [4.78, 5) is 11.5. The lowest BCUT2D eigenvalue weighted by molar-refractivity contribution is -0.234. The minimum Gasteiger partial charge on any atom is -0.462 e. The summed E-state index contributed by atoms with van der Waals surface area (Å²) in [6, 6.07) is 0. The van der Waals surface area contributed by atoms with Gasteiger partial charge >= 0.3 is 5.97 Å².